The molecule has 0 radical (unpaired) electrons. The minimum Gasteiger partial charge on any atom is -0.476 e. The zero-order valence-corrected chi connectivity index (χ0v) is 11.5. The topological polar surface area (TPSA) is 111 Å². The van der Waals surface area contributed by atoms with Crippen LogP contribution in [-0.2, 0) is 0 Å². The maximum atomic E-state index is 11.2. The van der Waals surface area contributed by atoms with Gasteiger partial charge in [0.2, 0.25) is 0 Å². The molecule has 21 heavy (non-hydrogen) atoms. The van der Waals surface area contributed by atoms with Crippen LogP contribution in [0.4, 0.5) is 5.69 Å². The van der Waals surface area contributed by atoms with E-state index in [0.717, 1.165) is 5.01 Å². The predicted molar refractivity (Wildman–Crippen MR) is 75.1 cm³/mol. The second-order valence-corrected chi connectivity index (χ2v) is 5.50. The van der Waals surface area contributed by atoms with Crippen molar-refractivity contribution < 1.29 is 14.8 Å². The van der Waals surface area contributed by atoms with Gasteiger partial charge in [-0.15, -0.1) is 11.3 Å². The average Bonchev–Trinajstić information content (AvgIpc) is 3.01. The zero-order valence-electron chi connectivity index (χ0n) is 10.7. The van der Waals surface area contributed by atoms with Crippen LogP contribution >= 0.6 is 11.3 Å². The fraction of sp³-hybridized carbons (Fsp3) is 0.0833. The molecule has 3 aromatic rings. The number of thiazole rings is 1. The first-order valence-corrected chi connectivity index (χ1v) is 6.60. The van der Waals surface area contributed by atoms with Crippen LogP contribution in [0.2, 0.25) is 0 Å². The molecule has 0 fully saturated rings. The van der Waals surface area contributed by atoms with Crippen molar-refractivity contribution in [1.29, 1.82) is 0 Å². The van der Waals surface area contributed by atoms with E-state index in [1.807, 2.05) is 6.92 Å². The van der Waals surface area contributed by atoms with Crippen molar-refractivity contribution in [2.24, 2.45) is 0 Å². The molecule has 0 atom stereocenters. The summed E-state index contributed by atoms with van der Waals surface area (Å²) in [6, 6.07) is 3.00. The maximum Gasteiger partial charge on any atom is 0.356 e. The monoisotopic (exact) mass is 304 g/mol. The number of imidazole rings is 1. The number of benzene rings is 1. The number of rotatable bonds is 3. The summed E-state index contributed by atoms with van der Waals surface area (Å²) in [5, 5.41) is 20.9. The number of aromatic carboxylic acids is 1. The number of carboxylic acid groups (broad SMARTS) is 1. The number of hydrogen-bond donors (Lipinski definition) is 1. The minimum atomic E-state index is -1.19. The van der Waals surface area contributed by atoms with Gasteiger partial charge in [0.25, 0.3) is 5.69 Å². The molecular formula is C12H8N4O4S. The van der Waals surface area contributed by atoms with Crippen LogP contribution in [0.3, 0.4) is 0 Å². The summed E-state index contributed by atoms with van der Waals surface area (Å²) in [5.41, 5.74) is 0.556. The number of carbonyl (C=O) groups is 1. The van der Waals surface area contributed by atoms with Gasteiger partial charge in [0.15, 0.2) is 5.69 Å². The first kappa shape index (κ1) is 13.2. The Kier molecular flexibility index (Phi) is 2.91. The van der Waals surface area contributed by atoms with E-state index in [1.54, 1.807) is 6.07 Å². The van der Waals surface area contributed by atoms with Gasteiger partial charge in [-0.1, -0.05) is 0 Å². The summed E-state index contributed by atoms with van der Waals surface area (Å²) < 4.78 is 2.02. The molecule has 1 N–H and O–H groups in total. The largest absolute Gasteiger partial charge is 0.476 e. The molecule has 0 aliphatic rings. The molecule has 0 bridgehead atoms. The molecule has 106 valence electrons. The molecule has 0 spiro atoms. The molecule has 3 rings (SSSR count). The van der Waals surface area contributed by atoms with Crippen molar-refractivity contribution >= 4 is 33.2 Å². The van der Waals surface area contributed by atoms with Crippen molar-refractivity contribution in [3.05, 3.63) is 45.5 Å². The fourth-order valence-electron chi connectivity index (χ4n) is 1.99. The molecule has 2 aromatic heterocycles. The molecule has 0 amide bonds. The van der Waals surface area contributed by atoms with Crippen molar-refractivity contribution in [2.45, 2.75) is 6.92 Å². The van der Waals surface area contributed by atoms with Gasteiger partial charge in [-0.25, -0.2) is 14.8 Å². The number of nitrogens with zero attached hydrogens (tertiary/aromatic N) is 4. The van der Waals surface area contributed by atoms with Gasteiger partial charge in [-0.3, -0.25) is 14.7 Å². The second-order valence-electron chi connectivity index (χ2n) is 4.27. The Morgan fingerprint density at radius 1 is 1.48 bits per heavy atom. The number of fused-ring (bicyclic) bond motifs is 1. The molecule has 8 nitrogen and oxygen atoms in total. The number of nitro groups is 1. The van der Waals surface area contributed by atoms with E-state index >= 15 is 0 Å². The standard InChI is InChI=1S/C12H8N4O4S/c1-6-14-7-2-9(10(16(19)20)3-11(7)21-6)15-4-8(12(17)18)13-5-15/h2-5H,1H3,(H,17,18). The Morgan fingerprint density at radius 2 is 2.24 bits per heavy atom. The van der Waals surface area contributed by atoms with Gasteiger partial charge in [0.05, 0.1) is 20.1 Å². The van der Waals surface area contributed by atoms with E-state index in [-0.39, 0.29) is 17.1 Å². The Morgan fingerprint density at radius 3 is 2.86 bits per heavy atom. The summed E-state index contributed by atoms with van der Waals surface area (Å²) in [6.07, 6.45) is 2.46. The highest BCUT2D eigenvalue weighted by atomic mass is 32.1. The highest BCUT2D eigenvalue weighted by Gasteiger charge is 2.20. The number of hydrogen-bond acceptors (Lipinski definition) is 6. The molecular weight excluding hydrogens is 296 g/mol. The van der Waals surface area contributed by atoms with Crippen LogP contribution < -0.4 is 0 Å². The minimum absolute atomic E-state index is 0.125. The van der Waals surface area contributed by atoms with Crippen LogP contribution in [0.15, 0.2) is 24.7 Å². The molecule has 0 unspecified atom stereocenters. The van der Waals surface area contributed by atoms with Crippen molar-refractivity contribution in [1.82, 2.24) is 14.5 Å². The molecule has 9 heteroatoms. The number of nitro benzene ring substituents is 1. The normalized spacial score (nSPS) is 10.9. The molecule has 2 heterocycles. The summed E-state index contributed by atoms with van der Waals surface area (Å²) in [4.78, 5) is 29.6. The lowest BCUT2D eigenvalue weighted by Gasteiger charge is -2.03. The lowest BCUT2D eigenvalue weighted by molar-refractivity contribution is -0.384. The average molecular weight is 304 g/mol. The van der Waals surface area contributed by atoms with Gasteiger partial charge in [-0.2, -0.15) is 0 Å². The third-order valence-electron chi connectivity index (χ3n) is 2.87. The van der Waals surface area contributed by atoms with Crippen molar-refractivity contribution in [3.63, 3.8) is 0 Å². The first-order chi connectivity index (χ1) is 9.95. The highest BCUT2D eigenvalue weighted by Crippen LogP contribution is 2.31. The Bertz CT molecular complexity index is 883. The smallest absolute Gasteiger partial charge is 0.356 e. The molecule has 0 saturated carbocycles. The van der Waals surface area contributed by atoms with Gasteiger partial charge in [0, 0.05) is 12.3 Å². The Hall–Kier alpha value is -2.81. The lowest BCUT2D eigenvalue weighted by Crippen LogP contribution is -1.99. The van der Waals surface area contributed by atoms with E-state index in [0.29, 0.717) is 10.2 Å². The molecule has 0 aliphatic heterocycles. The summed E-state index contributed by atoms with van der Waals surface area (Å²) in [7, 11) is 0. The summed E-state index contributed by atoms with van der Waals surface area (Å²) in [6.45, 7) is 1.82. The van der Waals surface area contributed by atoms with Crippen molar-refractivity contribution in [3.8, 4) is 5.69 Å². The lowest BCUT2D eigenvalue weighted by atomic mass is 10.2. The van der Waals surface area contributed by atoms with E-state index < -0.39 is 10.9 Å². The number of aromatic nitrogens is 3. The Balaban J connectivity index is 2.25. The van der Waals surface area contributed by atoms with E-state index in [2.05, 4.69) is 9.97 Å². The summed E-state index contributed by atoms with van der Waals surface area (Å²) in [5.74, 6) is -1.19. The van der Waals surface area contributed by atoms with E-state index in [4.69, 9.17) is 5.11 Å². The quantitative estimate of drug-likeness (QED) is 0.587. The molecule has 1 aromatic carbocycles. The molecule has 0 saturated heterocycles. The number of aryl methyl sites for hydroxylation is 1. The zero-order chi connectivity index (χ0) is 15.1. The second kappa shape index (κ2) is 4.63. The highest BCUT2D eigenvalue weighted by molar-refractivity contribution is 7.18. The van der Waals surface area contributed by atoms with Gasteiger partial charge < -0.3 is 5.11 Å². The fourth-order valence-corrected chi connectivity index (χ4v) is 2.83. The van der Waals surface area contributed by atoms with Crippen LogP contribution in [0.25, 0.3) is 15.9 Å². The van der Waals surface area contributed by atoms with Crippen LogP contribution in [0, 0.1) is 17.0 Å². The SMILES string of the molecule is Cc1nc2cc(-n3cnc(C(=O)O)c3)c([N+](=O)[O-])cc2s1. The van der Waals surface area contributed by atoms with Crippen LogP contribution in [0.1, 0.15) is 15.5 Å². The third kappa shape index (κ3) is 2.23. The Labute approximate surface area is 121 Å². The third-order valence-corrected chi connectivity index (χ3v) is 3.80. The first-order valence-electron chi connectivity index (χ1n) is 5.79. The molecule has 0 aliphatic carbocycles. The van der Waals surface area contributed by atoms with Gasteiger partial charge in [0.1, 0.15) is 12.0 Å². The van der Waals surface area contributed by atoms with E-state index in [9.17, 15) is 14.9 Å². The number of carboxylic acids is 1. The predicted octanol–water partition coefficient (Wildman–Crippen LogP) is 2.40. The van der Waals surface area contributed by atoms with Crippen LogP contribution in [0.5, 0.6) is 0 Å². The van der Waals surface area contributed by atoms with E-state index in [1.165, 1.54) is 34.5 Å². The van der Waals surface area contributed by atoms with Crippen LogP contribution in [-0.4, -0.2) is 30.5 Å². The van der Waals surface area contributed by atoms with Gasteiger partial charge in [-0.05, 0) is 13.0 Å². The van der Waals surface area contributed by atoms with Gasteiger partial charge >= 0.3 is 5.97 Å². The van der Waals surface area contributed by atoms with Crippen molar-refractivity contribution in [2.75, 3.05) is 0 Å². The summed E-state index contributed by atoms with van der Waals surface area (Å²) >= 11 is 1.36. The maximum absolute atomic E-state index is 11.2.